The third kappa shape index (κ3) is 3.36. The van der Waals surface area contributed by atoms with Crippen LogP contribution < -0.4 is 4.72 Å². The first-order chi connectivity index (χ1) is 10.5. The molecule has 0 saturated heterocycles. The monoisotopic (exact) mass is 319 g/mol. The van der Waals surface area contributed by atoms with Crippen LogP contribution in [0.3, 0.4) is 0 Å². The third-order valence-corrected chi connectivity index (χ3v) is 5.43. The third-order valence-electron chi connectivity index (χ3n) is 3.98. The van der Waals surface area contributed by atoms with Gasteiger partial charge in [-0.1, -0.05) is 18.2 Å². The molecule has 0 amide bonds. The molecular weight excluding hydrogens is 301 g/mol. The normalized spacial score (nSPS) is 14.0. The zero-order chi connectivity index (χ0) is 15.6. The average Bonchev–Trinajstić information content (AvgIpc) is 2.94. The molecular formula is C17H18FNO2S. The Labute approximate surface area is 130 Å². The first-order valence-corrected chi connectivity index (χ1v) is 8.89. The summed E-state index contributed by atoms with van der Waals surface area (Å²) < 4.78 is 40.3. The van der Waals surface area contributed by atoms with E-state index in [4.69, 9.17) is 0 Å². The van der Waals surface area contributed by atoms with Gasteiger partial charge in [0.25, 0.3) is 0 Å². The van der Waals surface area contributed by atoms with E-state index >= 15 is 0 Å². The number of benzene rings is 2. The van der Waals surface area contributed by atoms with Crippen molar-refractivity contribution in [3.05, 3.63) is 65.0 Å². The lowest BCUT2D eigenvalue weighted by Gasteiger charge is -2.08. The van der Waals surface area contributed by atoms with Gasteiger partial charge in [-0.2, -0.15) is 0 Å². The smallest absolute Gasteiger partial charge is 0.211 e. The minimum absolute atomic E-state index is 0.253. The fourth-order valence-electron chi connectivity index (χ4n) is 2.82. The van der Waals surface area contributed by atoms with Crippen LogP contribution in [0.1, 0.15) is 23.1 Å². The molecule has 0 bridgehead atoms. The first kappa shape index (κ1) is 15.2. The quantitative estimate of drug-likeness (QED) is 0.921. The highest BCUT2D eigenvalue weighted by Gasteiger charge is 2.17. The van der Waals surface area contributed by atoms with Crippen molar-refractivity contribution < 1.29 is 12.8 Å². The molecule has 0 unspecified atom stereocenters. The molecule has 0 atom stereocenters. The van der Waals surface area contributed by atoms with Gasteiger partial charge in [-0.3, -0.25) is 0 Å². The maximum atomic E-state index is 13.1. The number of sulfonamides is 1. The maximum absolute atomic E-state index is 13.1. The number of aryl methyl sites for hydroxylation is 2. The van der Waals surface area contributed by atoms with Gasteiger partial charge in [0.05, 0.1) is 4.90 Å². The molecule has 2 aromatic rings. The van der Waals surface area contributed by atoms with Gasteiger partial charge >= 0.3 is 0 Å². The van der Waals surface area contributed by atoms with Crippen molar-refractivity contribution in [3.8, 4) is 0 Å². The van der Waals surface area contributed by atoms with E-state index < -0.39 is 10.0 Å². The van der Waals surface area contributed by atoms with E-state index in [9.17, 15) is 12.8 Å². The summed E-state index contributed by atoms with van der Waals surface area (Å²) in [5, 5.41) is 0. The van der Waals surface area contributed by atoms with Gasteiger partial charge in [-0.25, -0.2) is 17.5 Å². The van der Waals surface area contributed by atoms with Gasteiger partial charge in [-0.15, -0.1) is 0 Å². The molecule has 1 aliphatic rings. The zero-order valence-corrected chi connectivity index (χ0v) is 13.0. The summed E-state index contributed by atoms with van der Waals surface area (Å²) in [6.45, 7) is 0.253. The maximum Gasteiger partial charge on any atom is 0.240 e. The molecule has 2 aromatic carbocycles. The lowest BCUT2D eigenvalue weighted by Crippen LogP contribution is -2.26. The summed E-state index contributed by atoms with van der Waals surface area (Å²) in [4.78, 5) is 0.312. The Morgan fingerprint density at radius 2 is 1.86 bits per heavy atom. The SMILES string of the molecule is O=S(=O)(NCCc1cccc(F)c1)c1ccc2c(c1)CCC2. The zero-order valence-electron chi connectivity index (χ0n) is 12.2. The van der Waals surface area contributed by atoms with Crippen LogP contribution in [-0.4, -0.2) is 15.0 Å². The summed E-state index contributed by atoms with van der Waals surface area (Å²) in [7, 11) is -3.51. The van der Waals surface area contributed by atoms with E-state index in [-0.39, 0.29) is 12.4 Å². The highest BCUT2D eigenvalue weighted by molar-refractivity contribution is 7.89. The molecule has 0 fully saturated rings. The van der Waals surface area contributed by atoms with Crippen LogP contribution in [0, 0.1) is 5.82 Å². The topological polar surface area (TPSA) is 46.2 Å². The van der Waals surface area contributed by atoms with Crippen LogP contribution in [0.2, 0.25) is 0 Å². The second-order valence-electron chi connectivity index (χ2n) is 5.56. The summed E-state index contributed by atoms with van der Waals surface area (Å²) in [5.74, 6) is -0.307. The van der Waals surface area contributed by atoms with E-state index in [0.717, 1.165) is 30.4 Å². The molecule has 0 spiro atoms. The number of nitrogens with one attached hydrogen (secondary N) is 1. The lowest BCUT2D eigenvalue weighted by atomic mass is 10.1. The number of rotatable bonds is 5. The van der Waals surface area contributed by atoms with Crippen LogP contribution in [0.5, 0.6) is 0 Å². The predicted molar refractivity (Wildman–Crippen MR) is 83.8 cm³/mol. The summed E-state index contributed by atoms with van der Waals surface area (Å²) in [5.41, 5.74) is 3.16. The second-order valence-corrected chi connectivity index (χ2v) is 7.33. The van der Waals surface area contributed by atoms with Gasteiger partial charge in [0.1, 0.15) is 5.82 Å². The van der Waals surface area contributed by atoms with Crippen molar-refractivity contribution in [2.75, 3.05) is 6.54 Å². The molecule has 0 aromatic heterocycles. The Morgan fingerprint density at radius 1 is 1.05 bits per heavy atom. The van der Waals surface area contributed by atoms with E-state index in [1.54, 1.807) is 24.3 Å². The van der Waals surface area contributed by atoms with Crippen molar-refractivity contribution in [2.24, 2.45) is 0 Å². The van der Waals surface area contributed by atoms with Crippen LogP contribution in [0.15, 0.2) is 47.4 Å². The van der Waals surface area contributed by atoms with Crippen molar-refractivity contribution >= 4 is 10.0 Å². The van der Waals surface area contributed by atoms with Gasteiger partial charge in [-0.05, 0) is 66.6 Å². The number of fused-ring (bicyclic) bond motifs is 1. The Bertz CT molecular complexity index is 787. The standard InChI is InChI=1S/C17H18FNO2S/c18-16-6-1-3-13(11-16)9-10-19-22(20,21)17-8-7-14-4-2-5-15(14)12-17/h1,3,6-8,11-12,19H,2,4-5,9-10H2. The van der Waals surface area contributed by atoms with Crippen LogP contribution >= 0.6 is 0 Å². The van der Waals surface area contributed by atoms with E-state index in [1.165, 1.54) is 17.7 Å². The fraction of sp³-hybridized carbons (Fsp3) is 0.294. The van der Waals surface area contributed by atoms with Gasteiger partial charge in [0, 0.05) is 6.54 Å². The Balaban J connectivity index is 1.66. The van der Waals surface area contributed by atoms with Crippen molar-refractivity contribution in [1.29, 1.82) is 0 Å². The summed E-state index contributed by atoms with van der Waals surface area (Å²) in [6, 6.07) is 11.5. The van der Waals surface area contributed by atoms with Crippen LogP contribution in [0.4, 0.5) is 4.39 Å². The molecule has 1 N–H and O–H groups in total. The van der Waals surface area contributed by atoms with Gasteiger partial charge in [0.2, 0.25) is 10.0 Å². The molecule has 3 nitrogen and oxygen atoms in total. The predicted octanol–water partition coefficient (Wildman–Crippen LogP) is 2.84. The van der Waals surface area contributed by atoms with E-state index in [1.807, 2.05) is 6.07 Å². The molecule has 0 radical (unpaired) electrons. The lowest BCUT2D eigenvalue weighted by molar-refractivity contribution is 0.581. The molecule has 0 aliphatic heterocycles. The van der Waals surface area contributed by atoms with Crippen LogP contribution in [0.25, 0.3) is 0 Å². The molecule has 116 valence electrons. The molecule has 5 heteroatoms. The second kappa shape index (κ2) is 6.18. The van der Waals surface area contributed by atoms with Gasteiger partial charge in [0.15, 0.2) is 0 Å². The Morgan fingerprint density at radius 3 is 2.68 bits per heavy atom. The summed E-state index contributed by atoms with van der Waals surface area (Å²) in [6.07, 6.45) is 3.53. The molecule has 22 heavy (non-hydrogen) atoms. The minimum atomic E-state index is -3.51. The van der Waals surface area contributed by atoms with Gasteiger partial charge < -0.3 is 0 Å². The summed E-state index contributed by atoms with van der Waals surface area (Å²) >= 11 is 0. The fourth-order valence-corrected chi connectivity index (χ4v) is 3.90. The molecule has 3 rings (SSSR count). The Kier molecular flexibility index (Phi) is 4.27. The minimum Gasteiger partial charge on any atom is -0.211 e. The highest BCUT2D eigenvalue weighted by Crippen LogP contribution is 2.24. The molecule has 1 aliphatic carbocycles. The Hall–Kier alpha value is -1.72. The largest absolute Gasteiger partial charge is 0.240 e. The van der Waals surface area contributed by atoms with E-state index in [2.05, 4.69) is 4.72 Å². The van der Waals surface area contributed by atoms with E-state index in [0.29, 0.717) is 11.3 Å². The van der Waals surface area contributed by atoms with Crippen molar-refractivity contribution in [2.45, 2.75) is 30.6 Å². The average molecular weight is 319 g/mol. The molecule has 0 saturated carbocycles. The first-order valence-electron chi connectivity index (χ1n) is 7.40. The highest BCUT2D eigenvalue weighted by atomic mass is 32.2. The molecule has 0 heterocycles. The number of hydrogen-bond acceptors (Lipinski definition) is 2. The van der Waals surface area contributed by atoms with Crippen molar-refractivity contribution in [1.82, 2.24) is 4.72 Å². The van der Waals surface area contributed by atoms with Crippen molar-refractivity contribution in [3.63, 3.8) is 0 Å². The van der Waals surface area contributed by atoms with Crippen LogP contribution in [-0.2, 0) is 29.3 Å². The number of hydrogen-bond donors (Lipinski definition) is 1. The number of halogens is 1.